The molecule has 176 valence electrons. The molecule has 0 atom stereocenters. The van der Waals surface area contributed by atoms with Crippen molar-refractivity contribution in [2.24, 2.45) is 0 Å². The van der Waals surface area contributed by atoms with E-state index in [2.05, 4.69) is 20.8 Å². The summed E-state index contributed by atoms with van der Waals surface area (Å²) in [6.07, 6.45) is -4.41. The molecule has 1 heterocycles. The van der Waals surface area contributed by atoms with Gasteiger partial charge in [0, 0.05) is 29.4 Å². The topological polar surface area (TPSA) is 71.8 Å². The predicted molar refractivity (Wildman–Crippen MR) is 127 cm³/mol. The lowest BCUT2D eigenvalue weighted by Crippen LogP contribution is -2.10. The Kier molecular flexibility index (Phi) is 6.78. The van der Waals surface area contributed by atoms with Crippen molar-refractivity contribution in [1.29, 1.82) is 0 Å². The van der Waals surface area contributed by atoms with Crippen LogP contribution in [0, 0.1) is 0 Å². The van der Waals surface area contributed by atoms with E-state index < -0.39 is 11.7 Å². The molecule has 0 aliphatic rings. The zero-order valence-electron chi connectivity index (χ0n) is 18.5. The van der Waals surface area contributed by atoms with Gasteiger partial charge in [0.2, 0.25) is 5.91 Å². The average Bonchev–Trinajstić information content (AvgIpc) is 3.20. The Morgan fingerprint density at radius 2 is 1.85 bits per heavy atom. The van der Waals surface area contributed by atoms with E-state index in [-0.39, 0.29) is 12.5 Å². The number of benzene rings is 3. The molecule has 0 aliphatic heterocycles. The molecule has 0 saturated heterocycles. The van der Waals surface area contributed by atoms with E-state index in [9.17, 15) is 18.0 Å². The van der Waals surface area contributed by atoms with E-state index in [0.717, 1.165) is 27.8 Å². The molecule has 1 amide bonds. The highest BCUT2D eigenvalue weighted by atomic mass is 32.2. The van der Waals surface area contributed by atoms with Gasteiger partial charge in [-0.15, -0.1) is 10.2 Å². The minimum absolute atomic E-state index is 0.180. The number of amides is 1. The number of nitrogens with one attached hydrogen (secondary N) is 2. The SMILES string of the molecule is CCn1c(CNc2cccc(C(F)(F)F)c2)nnc1Sc1ccc2ccccc2c1NC(C)=O. The number of rotatable bonds is 7. The molecule has 0 aliphatic carbocycles. The second kappa shape index (κ2) is 9.76. The molecule has 0 bridgehead atoms. The van der Waals surface area contributed by atoms with Crippen LogP contribution in [-0.4, -0.2) is 20.7 Å². The van der Waals surface area contributed by atoms with Crippen molar-refractivity contribution >= 4 is 39.8 Å². The number of anilines is 2. The van der Waals surface area contributed by atoms with Crippen LogP contribution in [0.3, 0.4) is 0 Å². The Balaban J connectivity index is 1.59. The zero-order chi connectivity index (χ0) is 24.3. The molecule has 4 aromatic rings. The van der Waals surface area contributed by atoms with Crippen LogP contribution < -0.4 is 10.6 Å². The quantitative estimate of drug-likeness (QED) is 0.327. The molecule has 0 saturated carbocycles. The molecule has 1 aromatic heterocycles. The number of aromatic nitrogens is 3. The first-order valence-corrected chi connectivity index (χ1v) is 11.4. The Bertz CT molecular complexity index is 1340. The fraction of sp³-hybridized carbons (Fsp3) is 0.208. The number of nitrogens with zero attached hydrogens (tertiary/aromatic N) is 3. The van der Waals surface area contributed by atoms with Gasteiger partial charge in [0.05, 0.1) is 17.8 Å². The van der Waals surface area contributed by atoms with Crippen molar-refractivity contribution in [3.63, 3.8) is 0 Å². The summed E-state index contributed by atoms with van der Waals surface area (Å²) in [5, 5.41) is 17.0. The van der Waals surface area contributed by atoms with Crippen LogP contribution in [-0.2, 0) is 24.1 Å². The molecule has 10 heteroatoms. The van der Waals surface area contributed by atoms with E-state index in [0.29, 0.717) is 28.9 Å². The fourth-order valence-electron chi connectivity index (χ4n) is 3.57. The molecular weight excluding hydrogens is 463 g/mol. The largest absolute Gasteiger partial charge is 0.416 e. The first-order valence-electron chi connectivity index (χ1n) is 10.6. The van der Waals surface area contributed by atoms with Gasteiger partial charge in [0.15, 0.2) is 11.0 Å². The highest BCUT2D eigenvalue weighted by molar-refractivity contribution is 7.99. The Morgan fingerprint density at radius 3 is 2.59 bits per heavy atom. The minimum atomic E-state index is -4.41. The van der Waals surface area contributed by atoms with E-state index in [1.807, 2.05) is 47.9 Å². The lowest BCUT2D eigenvalue weighted by molar-refractivity contribution is -0.137. The predicted octanol–water partition coefficient (Wildman–Crippen LogP) is 6.19. The molecule has 2 N–H and O–H groups in total. The summed E-state index contributed by atoms with van der Waals surface area (Å²) in [7, 11) is 0. The average molecular weight is 486 g/mol. The van der Waals surface area contributed by atoms with Gasteiger partial charge < -0.3 is 15.2 Å². The molecule has 4 rings (SSSR count). The highest BCUT2D eigenvalue weighted by Gasteiger charge is 2.30. The van der Waals surface area contributed by atoms with E-state index >= 15 is 0 Å². The van der Waals surface area contributed by atoms with Crippen LogP contribution in [0.4, 0.5) is 24.5 Å². The maximum Gasteiger partial charge on any atom is 0.416 e. The molecule has 0 radical (unpaired) electrons. The first kappa shape index (κ1) is 23.6. The third kappa shape index (κ3) is 5.17. The zero-order valence-corrected chi connectivity index (χ0v) is 19.3. The molecule has 0 spiro atoms. The van der Waals surface area contributed by atoms with Crippen LogP contribution in [0.25, 0.3) is 10.8 Å². The van der Waals surface area contributed by atoms with Crippen molar-refractivity contribution in [2.75, 3.05) is 10.6 Å². The summed E-state index contributed by atoms with van der Waals surface area (Å²) < 4.78 is 40.8. The second-order valence-electron chi connectivity index (χ2n) is 7.52. The normalized spacial score (nSPS) is 11.6. The Hall–Kier alpha value is -3.53. The van der Waals surface area contributed by atoms with Crippen molar-refractivity contribution in [2.45, 2.75) is 43.2 Å². The number of hydrogen-bond acceptors (Lipinski definition) is 5. The van der Waals surface area contributed by atoms with Crippen LogP contribution in [0.2, 0.25) is 0 Å². The number of fused-ring (bicyclic) bond motifs is 1. The number of carbonyl (C=O) groups is 1. The summed E-state index contributed by atoms with van der Waals surface area (Å²) in [5.74, 6) is 0.408. The maximum absolute atomic E-state index is 13.0. The molecule has 34 heavy (non-hydrogen) atoms. The summed E-state index contributed by atoms with van der Waals surface area (Å²) in [5.41, 5.74) is 0.328. The monoisotopic (exact) mass is 485 g/mol. The molecule has 0 fully saturated rings. The third-order valence-electron chi connectivity index (χ3n) is 5.14. The van der Waals surface area contributed by atoms with Crippen LogP contribution in [0.1, 0.15) is 25.2 Å². The van der Waals surface area contributed by atoms with Crippen molar-refractivity contribution < 1.29 is 18.0 Å². The molecule has 6 nitrogen and oxygen atoms in total. The third-order valence-corrected chi connectivity index (χ3v) is 6.19. The van der Waals surface area contributed by atoms with E-state index in [1.54, 1.807) is 6.07 Å². The maximum atomic E-state index is 13.0. The minimum Gasteiger partial charge on any atom is -0.378 e. The molecule has 3 aromatic carbocycles. The lowest BCUT2D eigenvalue weighted by atomic mass is 10.1. The van der Waals surface area contributed by atoms with E-state index in [1.165, 1.54) is 24.8 Å². The van der Waals surface area contributed by atoms with Gasteiger partial charge in [0.1, 0.15) is 0 Å². The number of alkyl halides is 3. The molecular formula is C24H22F3N5OS. The number of carbonyl (C=O) groups excluding carboxylic acids is 1. The van der Waals surface area contributed by atoms with E-state index in [4.69, 9.17) is 0 Å². The van der Waals surface area contributed by atoms with Crippen molar-refractivity contribution in [1.82, 2.24) is 14.8 Å². The van der Waals surface area contributed by atoms with Gasteiger partial charge in [-0.2, -0.15) is 13.2 Å². The van der Waals surface area contributed by atoms with Gasteiger partial charge in [-0.1, -0.05) is 36.4 Å². The van der Waals surface area contributed by atoms with Gasteiger partial charge in [0.25, 0.3) is 0 Å². The van der Waals surface area contributed by atoms with Gasteiger partial charge in [-0.05, 0) is 48.3 Å². The van der Waals surface area contributed by atoms with Gasteiger partial charge in [-0.3, -0.25) is 4.79 Å². The van der Waals surface area contributed by atoms with Crippen molar-refractivity contribution in [3.05, 3.63) is 72.1 Å². The summed E-state index contributed by atoms with van der Waals surface area (Å²) in [6.45, 7) is 4.18. The summed E-state index contributed by atoms with van der Waals surface area (Å²) >= 11 is 1.37. The summed E-state index contributed by atoms with van der Waals surface area (Å²) in [6, 6.07) is 16.7. The highest BCUT2D eigenvalue weighted by Crippen LogP contribution is 2.38. The Morgan fingerprint density at radius 1 is 1.06 bits per heavy atom. The van der Waals surface area contributed by atoms with Crippen LogP contribution in [0.15, 0.2) is 70.7 Å². The fourth-order valence-corrected chi connectivity index (χ4v) is 4.59. The Labute approximate surface area is 198 Å². The first-order chi connectivity index (χ1) is 16.3. The lowest BCUT2D eigenvalue weighted by Gasteiger charge is -2.14. The number of hydrogen-bond donors (Lipinski definition) is 2. The van der Waals surface area contributed by atoms with Crippen LogP contribution in [0.5, 0.6) is 0 Å². The standard InChI is InChI=1S/C24H22F3N5OS/c1-3-32-21(14-28-18-9-6-8-17(13-18)24(25,26)27)30-31-23(32)34-20-12-11-16-7-4-5-10-19(16)22(20)29-15(2)33/h4-13,28H,3,14H2,1-2H3,(H,29,33). The number of halogens is 3. The van der Waals surface area contributed by atoms with Gasteiger partial charge in [-0.25, -0.2) is 0 Å². The smallest absolute Gasteiger partial charge is 0.378 e. The second-order valence-corrected chi connectivity index (χ2v) is 8.53. The summed E-state index contributed by atoms with van der Waals surface area (Å²) in [4.78, 5) is 12.7. The van der Waals surface area contributed by atoms with Crippen molar-refractivity contribution in [3.8, 4) is 0 Å². The van der Waals surface area contributed by atoms with Gasteiger partial charge >= 0.3 is 6.18 Å². The molecule has 0 unspecified atom stereocenters. The van der Waals surface area contributed by atoms with Crippen LogP contribution >= 0.6 is 11.8 Å².